The third-order valence-corrected chi connectivity index (χ3v) is 6.81. The molecule has 2 amide bonds. The molecule has 2 aliphatic rings. The molecule has 1 N–H and O–H groups in total. The quantitative estimate of drug-likeness (QED) is 0.572. The van der Waals surface area contributed by atoms with Crippen molar-refractivity contribution in [1.82, 2.24) is 4.90 Å². The van der Waals surface area contributed by atoms with Gasteiger partial charge in [-0.15, -0.1) is 0 Å². The van der Waals surface area contributed by atoms with Crippen molar-refractivity contribution in [2.24, 2.45) is 0 Å². The van der Waals surface area contributed by atoms with Gasteiger partial charge in [0.05, 0.1) is 36.9 Å². The number of nitrogens with zero attached hydrogens (tertiary/aromatic N) is 1. The standard InChI is InChI=1S/C26H22ClFN2O4/c1-33-21-12-17-18(13-22(21)34-2)26(32)30-10-9-14-5-3-4-6-16(14)24(30)23(17)25(31)29-20-8-7-15(28)11-19(20)27/h3-8,11-13,23-24H,9-10H2,1-2H3,(H,29,31)/t23-,24-/m0/s1. The number of anilines is 1. The summed E-state index contributed by atoms with van der Waals surface area (Å²) < 4.78 is 24.4. The molecule has 174 valence electrons. The summed E-state index contributed by atoms with van der Waals surface area (Å²) in [5, 5.41) is 2.94. The van der Waals surface area contributed by atoms with E-state index in [-0.39, 0.29) is 16.8 Å². The van der Waals surface area contributed by atoms with Gasteiger partial charge in [-0.3, -0.25) is 9.59 Å². The monoisotopic (exact) mass is 480 g/mol. The smallest absolute Gasteiger partial charge is 0.254 e. The third-order valence-electron chi connectivity index (χ3n) is 6.50. The van der Waals surface area contributed by atoms with Gasteiger partial charge in [0.2, 0.25) is 5.91 Å². The lowest BCUT2D eigenvalue weighted by Gasteiger charge is -2.45. The van der Waals surface area contributed by atoms with Crippen LogP contribution in [-0.4, -0.2) is 37.5 Å². The minimum Gasteiger partial charge on any atom is -0.493 e. The first-order valence-corrected chi connectivity index (χ1v) is 11.2. The highest BCUT2D eigenvalue weighted by Gasteiger charge is 2.47. The van der Waals surface area contributed by atoms with Gasteiger partial charge < -0.3 is 19.7 Å². The Hall–Kier alpha value is -3.58. The van der Waals surface area contributed by atoms with Crippen LogP contribution in [0.15, 0.2) is 54.6 Å². The minimum atomic E-state index is -0.755. The van der Waals surface area contributed by atoms with Crippen LogP contribution in [-0.2, 0) is 11.2 Å². The average molecular weight is 481 g/mol. The van der Waals surface area contributed by atoms with Crippen LogP contribution in [0.4, 0.5) is 10.1 Å². The second kappa shape index (κ2) is 8.65. The maximum Gasteiger partial charge on any atom is 0.254 e. The Balaban J connectivity index is 1.68. The highest BCUT2D eigenvalue weighted by Crippen LogP contribution is 2.48. The SMILES string of the molecule is COc1cc2c(cc1OC)[C@H](C(=O)Nc1ccc(F)cc1Cl)[C@@H]1c3ccccc3CCN1C2=O. The molecule has 0 fully saturated rings. The number of rotatable bonds is 4. The van der Waals surface area contributed by atoms with Crippen LogP contribution < -0.4 is 14.8 Å². The summed E-state index contributed by atoms with van der Waals surface area (Å²) in [7, 11) is 3.00. The van der Waals surface area contributed by atoms with Crippen molar-refractivity contribution in [3.63, 3.8) is 0 Å². The molecule has 0 aromatic heterocycles. The number of nitrogens with one attached hydrogen (secondary N) is 1. The van der Waals surface area contributed by atoms with E-state index >= 15 is 0 Å². The van der Waals surface area contributed by atoms with E-state index in [4.69, 9.17) is 21.1 Å². The Kier molecular flexibility index (Phi) is 5.65. The Labute approximate surface area is 201 Å². The first-order valence-electron chi connectivity index (χ1n) is 10.8. The summed E-state index contributed by atoms with van der Waals surface area (Å²) in [6, 6.07) is 14.4. The zero-order valence-electron chi connectivity index (χ0n) is 18.6. The Bertz CT molecular complexity index is 1310. The van der Waals surface area contributed by atoms with Gasteiger partial charge in [-0.05, 0) is 53.4 Å². The maximum atomic E-state index is 13.8. The van der Waals surface area contributed by atoms with Gasteiger partial charge in [0.1, 0.15) is 5.82 Å². The number of carbonyl (C=O) groups excluding carboxylic acids is 2. The molecule has 3 aromatic rings. The first kappa shape index (κ1) is 22.2. The molecule has 0 saturated carbocycles. The average Bonchev–Trinajstić information content (AvgIpc) is 2.85. The molecular formula is C26H22ClFN2O4. The Morgan fingerprint density at radius 3 is 2.53 bits per heavy atom. The molecular weight excluding hydrogens is 459 g/mol. The van der Waals surface area contributed by atoms with Gasteiger partial charge in [0.25, 0.3) is 5.91 Å². The van der Waals surface area contributed by atoms with E-state index in [1.54, 1.807) is 17.0 Å². The van der Waals surface area contributed by atoms with Crippen molar-refractivity contribution in [3.05, 3.63) is 87.7 Å². The molecule has 0 unspecified atom stereocenters. The number of hydrogen-bond donors (Lipinski definition) is 1. The van der Waals surface area contributed by atoms with E-state index < -0.39 is 17.8 Å². The summed E-state index contributed by atoms with van der Waals surface area (Å²) in [4.78, 5) is 29.1. The highest BCUT2D eigenvalue weighted by molar-refractivity contribution is 6.33. The zero-order chi connectivity index (χ0) is 24.0. The van der Waals surface area contributed by atoms with Gasteiger partial charge in [-0.2, -0.15) is 0 Å². The van der Waals surface area contributed by atoms with Gasteiger partial charge in [0.15, 0.2) is 11.5 Å². The van der Waals surface area contributed by atoms with Crippen molar-refractivity contribution < 1.29 is 23.5 Å². The zero-order valence-corrected chi connectivity index (χ0v) is 19.4. The van der Waals surface area contributed by atoms with Crippen LogP contribution in [0, 0.1) is 5.82 Å². The van der Waals surface area contributed by atoms with Crippen LogP contribution in [0.1, 0.15) is 39.0 Å². The summed E-state index contributed by atoms with van der Waals surface area (Å²) in [6.07, 6.45) is 0.694. The van der Waals surface area contributed by atoms with Crippen molar-refractivity contribution in [2.75, 3.05) is 26.1 Å². The Morgan fingerprint density at radius 2 is 1.79 bits per heavy atom. The fraction of sp³-hybridized carbons (Fsp3) is 0.231. The number of amides is 2. The summed E-state index contributed by atoms with van der Waals surface area (Å²) in [5.41, 5.74) is 3.24. The molecule has 0 aliphatic carbocycles. The third kappa shape index (κ3) is 3.56. The number of hydrogen-bond acceptors (Lipinski definition) is 4. The normalized spacial score (nSPS) is 18.5. The Morgan fingerprint density at radius 1 is 1.06 bits per heavy atom. The molecule has 5 rings (SSSR count). The van der Waals surface area contributed by atoms with Gasteiger partial charge in [-0.25, -0.2) is 4.39 Å². The lowest BCUT2D eigenvalue weighted by atomic mass is 9.75. The van der Waals surface area contributed by atoms with E-state index in [2.05, 4.69) is 5.32 Å². The summed E-state index contributed by atoms with van der Waals surface area (Å²) >= 11 is 6.19. The first-order chi connectivity index (χ1) is 16.4. The number of methoxy groups -OCH3 is 2. The predicted molar refractivity (Wildman–Crippen MR) is 126 cm³/mol. The van der Waals surface area contributed by atoms with Crippen molar-refractivity contribution in [2.45, 2.75) is 18.4 Å². The molecule has 3 aromatic carbocycles. The highest BCUT2D eigenvalue weighted by atomic mass is 35.5. The number of ether oxygens (including phenoxy) is 2. The van der Waals surface area contributed by atoms with Gasteiger partial charge >= 0.3 is 0 Å². The van der Waals surface area contributed by atoms with Crippen LogP contribution in [0.5, 0.6) is 11.5 Å². The number of carbonyl (C=O) groups is 2. The largest absolute Gasteiger partial charge is 0.493 e. The van der Waals surface area contributed by atoms with Crippen LogP contribution in [0.3, 0.4) is 0 Å². The fourth-order valence-electron chi connectivity index (χ4n) is 4.93. The fourth-order valence-corrected chi connectivity index (χ4v) is 5.15. The lowest BCUT2D eigenvalue weighted by molar-refractivity contribution is -0.119. The molecule has 8 heteroatoms. The number of fused-ring (bicyclic) bond motifs is 4. The molecule has 0 bridgehead atoms. The summed E-state index contributed by atoms with van der Waals surface area (Å²) in [6.45, 7) is 0.482. The maximum absolute atomic E-state index is 13.8. The van der Waals surface area contributed by atoms with E-state index in [1.807, 2.05) is 24.3 Å². The molecule has 6 nitrogen and oxygen atoms in total. The number of benzene rings is 3. The minimum absolute atomic E-state index is 0.0914. The number of halogens is 2. The van der Waals surface area contributed by atoms with E-state index in [9.17, 15) is 14.0 Å². The molecule has 0 saturated heterocycles. The van der Waals surface area contributed by atoms with Crippen molar-refractivity contribution in [1.29, 1.82) is 0 Å². The van der Waals surface area contributed by atoms with E-state index in [0.717, 1.165) is 17.2 Å². The summed E-state index contributed by atoms with van der Waals surface area (Å²) in [5.74, 6) is -0.952. The lowest BCUT2D eigenvalue weighted by Crippen LogP contribution is -2.49. The van der Waals surface area contributed by atoms with E-state index in [1.165, 1.54) is 26.4 Å². The topological polar surface area (TPSA) is 67.9 Å². The van der Waals surface area contributed by atoms with Crippen LogP contribution in [0.25, 0.3) is 0 Å². The molecule has 2 atom stereocenters. The van der Waals surface area contributed by atoms with Crippen molar-refractivity contribution in [3.8, 4) is 11.5 Å². The molecule has 34 heavy (non-hydrogen) atoms. The van der Waals surface area contributed by atoms with Gasteiger partial charge in [0, 0.05) is 12.1 Å². The van der Waals surface area contributed by atoms with Crippen LogP contribution in [0.2, 0.25) is 5.02 Å². The second-order valence-corrected chi connectivity index (χ2v) is 8.68. The molecule has 2 heterocycles. The molecule has 0 spiro atoms. The van der Waals surface area contributed by atoms with E-state index in [0.29, 0.717) is 41.3 Å². The molecule has 0 radical (unpaired) electrons. The molecule has 2 aliphatic heterocycles. The van der Waals surface area contributed by atoms with Gasteiger partial charge in [-0.1, -0.05) is 35.9 Å². The predicted octanol–water partition coefficient (Wildman–Crippen LogP) is 4.97. The second-order valence-electron chi connectivity index (χ2n) is 8.28. The van der Waals surface area contributed by atoms with Crippen LogP contribution >= 0.6 is 11.6 Å². The van der Waals surface area contributed by atoms with Crippen molar-refractivity contribution >= 4 is 29.1 Å².